The van der Waals surface area contributed by atoms with Crippen molar-refractivity contribution in [3.8, 4) is 6.07 Å². The molecule has 7 nitrogen and oxygen atoms in total. The van der Waals surface area contributed by atoms with Gasteiger partial charge in [0, 0.05) is 18.7 Å². The maximum absolute atomic E-state index is 12.6. The number of non-ortho nitro benzene ring substituents is 1. The number of hydrogen-bond acceptors (Lipinski definition) is 5. The second-order valence-electron chi connectivity index (χ2n) is 4.64. The van der Waals surface area contributed by atoms with Gasteiger partial charge < -0.3 is 0 Å². The van der Waals surface area contributed by atoms with Crippen molar-refractivity contribution in [2.24, 2.45) is 0 Å². The average Bonchev–Trinajstić information content (AvgIpc) is 2.40. The highest BCUT2D eigenvalue weighted by Crippen LogP contribution is 2.27. The third-order valence-electron chi connectivity index (χ3n) is 3.15. The molecule has 0 aromatic heterocycles. The van der Waals surface area contributed by atoms with Crippen molar-refractivity contribution >= 4 is 15.7 Å². The second-order valence-corrected chi connectivity index (χ2v) is 6.55. The number of nitro benzene ring substituents is 1. The molecule has 0 atom stereocenters. The van der Waals surface area contributed by atoms with Crippen LogP contribution >= 0.6 is 0 Å². The van der Waals surface area contributed by atoms with Gasteiger partial charge in [0.2, 0.25) is 10.0 Å². The van der Waals surface area contributed by atoms with Gasteiger partial charge in [0.25, 0.3) is 5.69 Å². The lowest BCUT2D eigenvalue weighted by atomic mass is 10.1. The summed E-state index contributed by atoms with van der Waals surface area (Å²) in [5.41, 5.74) is 0.709. The van der Waals surface area contributed by atoms with Crippen LogP contribution in [-0.4, -0.2) is 30.7 Å². The number of hydrogen-bond donors (Lipinski definition) is 0. The van der Waals surface area contributed by atoms with E-state index >= 15 is 0 Å². The maximum Gasteiger partial charge on any atom is 0.271 e. The van der Waals surface area contributed by atoms with Crippen molar-refractivity contribution in [3.63, 3.8) is 0 Å². The van der Waals surface area contributed by atoms with Crippen LogP contribution in [0.15, 0.2) is 17.0 Å². The first-order valence-electron chi connectivity index (χ1n) is 6.38. The van der Waals surface area contributed by atoms with Crippen molar-refractivity contribution in [2.45, 2.75) is 32.1 Å². The zero-order valence-corrected chi connectivity index (χ0v) is 13.0. The Kier molecular flexibility index (Phi) is 5.41. The summed E-state index contributed by atoms with van der Waals surface area (Å²) in [7, 11) is -3.93. The van der Waals surface area contributed by atoms with Crippen molar-refractivity contribution in [3.05, 3.63) is 33.4 Å². The van der Waals surface area contributed by atoms with E-state index in [0.717, 1.165) is 10.4 Å². The molecule has 0 N–H and O–H groups in total. The smallest absolute Gasteiger partial charge is 0.258 e. The lowest BCUT2D eigenvalue weighted by molar-refractivity contribution is -0.385. The SMILES string of the molecule is CCCN(CC#N)S(=O)(=O)c1cc([N+](=O)[O-])cc(C)c1C. The molecular weight excluding hydrogens is 294 g/mol. The normalized spacial score (nSPS) is 11.4. The van der Waals surface area contributed by atoms with E-state index < -0.39 is 14.9 Å². The Morgan fingerprint density at radius 3 is 2.48 bits per heavy atom. The Labute approximate surface area is 124 Å². The van der Waals surface area contributed by atoms with Crippen molar-refractivity contribution in [2.75, 3.05) is 13.1 Å². The highest BCUT2D eigenvalue weighted by atomic mass is 32.2. The Bertz CT molecular complexity index is 692. The van der Waals surface area contributed by atoms with E-state index in [9.17, 15) is 18.5 Å². The lowest BCUT2D eigenvalue weighted by Gasteiger charge is -2.20. The zero-order valence-electron chi connectivity index (χ0n) is 12.2. The standard InChI is InChI=1S/C13H17N3O4S/c1-4-6-15(7-5-14)21(19,20)13-9-12(16(17)18)8-10(2)11(13)3/h8-9H,4,6-7H2,1-3H3. The van der Waals surface area contributed by atoms with Gasteiger partial charge in [0.1, 0.15) is 6.54 Å². The number of benzene rings is 1. The fraction of sp³-hybridized carbons (Fsp3) is 0.462. The number of nitrogens with zero attached hydrogens (tertiary/aromatic N) is 3. The molecule has 0 aliphatic heterocycles. The fourth-order valence-corrected chi connectivity index (χ4v) is 3.68. The van der Waals surface area contributed by atoms with Gasteiger partial charge in [0.05, 0.1) is 15.9 Å². The molecule has 1 aromatic carbocycles. The van der Waals surface area contributed by atoms with Gasteiger partial charge in [-0.15, -0.1) is 0 Å². The highest BCUT2D eigenvalue weighted by Gasteiger charge is 2.28. The van der Waals surface area contributed by atoms with Crippen molar-refractivity contribution < 1.29 is 13.3 Å². The summed E-state index contributed by atoms with van der Waals surface area (Å²) in [6, 6.07) is 4.20. The molecule has 0 heterocycles. The lowest BCUT2D eigenvalue weighted by Crippen LogP contribution is -2.32. The molecule has 0 unspecified atom stereocenters. The third-order valence-corrected chi connectivity index (χ3v) is 5.12. The molecular formula is C13H17N3O4S. The number of nitro groups is 1. The quantitative estimate of drug-likeness (QED) is 0.454. The van der Waals surface area contributed by atoms with Crippen LogP contribution < -0.4 is 0 Å². The second kappa shape index (κ2) is 6.65. The van der Waals surface area contributed by atoms with Crippen LogP contribution in [0.4, 0.5) is 5.69 Å². The van der Waals surface area contributed by atoms with E-state index in [-0.39, 0.29) is 23.7 Å². The minimum absolute atomic E-state index is 0.113. The minimum atomic E-state index is -3.93. The molecule has 0 amide bonds. The van der Waals surface area contributed by atoms with Crippen LogP contribution in [0.5, 0.6) is 0 Å². The fourth-order valence-electron chi connectivity index (χ4n) is 1.93. The number of nitriles is 1. The first-order chi connectivity index (χ1) is 9.75. The predicted molar refractivity (Wildman–Crippen MR) is 77.2 cm³/mol. The first-order valence-corrected chi connectivity index (χ1v) is 7.82. The van der Waals surface area contributed by atoms with Gasteiger partial charge in [-0.1, -0.05) is 6.92 Å². The Balaban J connectivity index is 3.49. The summed E-state index contributed by atoms with van der Waals surface area (Å²) >= 11 is 0. The summed E-state index contributed by atoms with van der Waals surface area (Å²) in [6.07, 6.45) is 0.549. The van der Waals surface area contributed by atoms with Crippen LogP contribution in [0.25, 0.3) is 0 Å². The summed E-state index contributed by atoms with van der Waals surface area (Å²) in [4.78, 5) is 10.2. The average molecular weight is 311 g/mol. The topological polar surface area (TPSA) is 104 Å². The molecule has 0 saturated heterocycles. The summed E-state index contributed by atoms with van der Waals surface area (Å²) < 4.78 is 26.3. The Morgan fingerprint density at radius 1 is 1.38 bits per heavy atom. The highest BCUT2D eigenvalue weighted by molar-refractivity contribution is 7.89. The molecule has 0 aliphatic rings. The van der Waals surface area contributed by atoms with Crippen molar-refractivity contribution in [1.82, 2.24) is 4.31 Å². The summed E-state index contributed by atoms with van der Waals surface area (Å²) in [5, 5.41) is 19.7. The maximum atomic E-state index is 12.6. The molecule has 0 saturated carbocycles. The molecule has 21 heavy (non-hydrogen) atoms. The molecule has 0 bridgehead atoms. The van der Waals surface area contributed by atoms with E-state index in [1.54, 1.807) is 20.8 Å². The van der Waals surface area contributed by atoms with Crippen LogP contribution in [0.3, 0.4) is 0 Å². The van der Waals surface area contributed by atoms with Gasteiger partial charge >= 0.3 is 0 Å². The molecule has 0 spiro atoms. The largest absolute Gasteiger partial charge is 0.271 e. The van der Waals surface area contributed by atoms with Gasteiger partial charge in [0.15, 0.2) is 0 Å². The number of sulfonamides is 1. The van der Waals surface area contributed by atoms with E-state index in [4.69, 9.17) is 5.26 Å². The third kappa shape index (κ3) is 3.56. The monoisotopic (exact) mass is 311 g/mol. The zero-order chi connectivity index (χ0) is 16.2. The number of aryl methyl sites for hydroxylation is 1. The Hall–Kier alpha value is -1.98. The van der Waals surface area contributed by atoms with Gasteiger partial charge in [-0.2, -0.15) is 9.57 Å². The predicted octanol–water partition coefficient (Wildman–Crippen LogP) is 2.14. The van der Waals surface area contributed by atoms with Crippen molar-refractivity contribution in [1.29, 1.82) is 5.26 Å². The van der Waals surface area contributed by atoms with Gasteiger partial charge in [-0.3, -0.25) is 10.1 Å². The molecule has 0 aliphatic carbocycles. The van der Waals surface area contributed by atoms with Gasteiger partial charge in [-0.05, 0) is 31.4 Å². The minimum Gasteiger partial charge on any atom is -0.258 e. The van der Waals surface area contributed by atoms with Crippen LogP contribution in [0.2, 0.25) is 0 Å². The van der Waals surface area contributed by atoms with E-state index in [1.807, 2.05) is 6.07 Å². The molecule has 114 valence electrons. The van der Waals surface area contributed by atoms with Crippen LogP contribution in [0.1, 0.15) is 24.5 Å². The van der Waals surface area contributed by atoms with Gasteiger partial charge in [-0.25, -0.2) is 8.42 Å². The molecule has 0 fully saturated rings. The summed E-state index contributed by atoms with van der Waals surface area (Å²) in [5.74, 6) is 0. The Morgan fingerprint density at radius 2 is 2.00 bits per heavy atom. The molecule has 8 heteroatoms. The summed E-state index contributed by atoms with van der Waals surface area (Å²) in [6.45, 7) is 4.93. The first kappa shape index (κ1) is 17.1. The molecule has 1 aromatic rings. The number of rotatable bonds is 6. The molecule has 0 radical (unpaired) electrons. The van der Waals surface area contributed by atoms with E-state index in [2.05, 4.69) is 0 Å². The van der Waals surface area contributed by atoms with E-state index in [1.165, 1.54) is 6.07 Å². The molecule has 1 rings (SSSR count). The van der Waals surface area contributed by atoms with E-state index in [0.29, 0.717) is 17.5 Å². The van der Waals surface area contributed by atoms with Crippen LogP contribution in [-0.2, 0) is 10.0 Å². The van der Waals surface area contributed by atoms with Crippen LogP contribution in [0, 0.1) is 35.3 Å².